The number of nitrogens with zero attached hydrogens (tertiary/aromatic N) is 2. The quantitative estimate of drug-likeness (QED) is 0.306. The van der Waals surface area contributed by atoms with E-state index in [9.17, 15) is 4.79 Å². The molecule has 3 aromatic rings. The first kappa shape index (κ1) is 18.1. The van der Waals surface area contributed by atoms with Crippen molar-refractivity contribution in [3.63, 3.8) is 0 Å². The predicted octanol–water partition coefficient (Wildman–Crippen LogP) is 4.39. The van der Waals surface area contributed by atoms with Gasteiger partial charge in [-0.3, -0.25) is 4.79 Å². The maximum atomic E-state index is 12.3. The first-order valence-corrected chi connectivity index (χ1v) is 8.95. The Morgan fingerprint density at radius 3 is 2.77 bits per heavy atom. The molecule has 2 N–H and O–H groups in total. The van der Waals surface area contributed by atoms with Gasteiger partial charge in [0.05, 0.1) is 7.11 Å². The van der Waals surface area contributed by atoms with Crippen molar-refractivity contribution in [3.8, 4) is 16.3 Å². The van der Waals surface area contributed by atoms with E-state index in [4.69, 9.17) is 22.2 Å². The maximum absolute atomic E-state index is 12.3. The SMILES string of the molecule is COc1cccc(C=CC(=O)N(N)c2csc(-c3ccc(Cl)cc3)n2)c1. The Kier molecular flexibility index (Phi) is 5.68. The Morgan fingerprint density at radius 1 is 1.27 bits per heavy atom. The summed E-state index contributed by atoms with van der Waals surface area (Å²) in [6, 6.07) is 14.7. The molecule has 0 fully saturated rings. The number of anilines is 1. The average Bonchev–Trinajstić information content (AvgIpc) is 3.16. The Hall–Kier alpha value is -2.67. The number of nitrogens with two attached hydrogens (primary N) is 1. The number of halogens is 1. The molecular formula is C19H16ClN3O2S. The van der Waals surface area contributed by atoms with Crippen molar-refractivity contribution in [1.82, 2.24) is 4.98 Å². The van der Waals surface area contributed by atoms with Crippen LogP contribution in [0.5, 0.6) is 5.75 Å². The minimum Gasteiger partial charge on any atom is -0.497 e. The van der Waals surface area contributed by atoms with Crippen LogP contribution in [0.15, 0.2) is 60.0 Å². The minimum atomic E-state index is -0.374. The number of hydrazine groups is 1. The molecule has 1 aromatic heterocycles. The van der Waals surface area contributed by atoms with E-state index in [1.807, 2.05) is 36.4 Å². The van der Waals surface area contributed by atoms with Gasteiger partial charge in [-0.05, 0) is 35.9 Å². The number of hydrogen-bond donors (Lipinski definition) is 1. The lowest BCUT2D eigenvalue weighted by Crippen LogP contribution is -2.36. The van der Waals surface area contributed by atoms with Crippen LogP contribution in [0.3, 0.4) is 0 Å². The molecule has 132 valence electrons. The fourth-order valence-corrected chi connectivity index (χ4v) is 3.13. The number of benzene rings is 2. The summed E-state index contributed by atoms with van der Waals surface area (Å²) in [5.74, 6) is 6.64. The minimum absolute atomic E-state index is 0.374. The maximum Gasteiger partial charge on any atom is 0.266 e. The van der Waals surface area contributed by atoms with E-state index in [2.05, 4.69) is 4.98 Å². The number of thiazole rings is 1. The van der Waals surface area contributed by atoms with Crippen molar-refractivity contribution in [2.45, 2.75) is 0 Å². The standard InChI is InChI=1S/C19H16ClN3O2S/c1-25-16-4-2-3-13(11-16)5-10-18(24)23(21)17-12-26-19(22-17)14-6-8-15(20)9-7-14/h2-12H,21H2,1H3. The molecule has 0 aliphatic heterocycles. The average molecular weight is 386 g/mol. The van der Waals surface area contributed by atoms with Gasteiger partial charge in [-0.15, -0.1) is 11.3 Å². The van der Waals surface area contributed by atoms with Crippen LogP contribution < -0.4 is 15.6 Å². The second kappa shape index (κ2) is 8.14. The number of carbonyl (C=O) groups excluding carboxylic acids is 1. The van der Waals surface area contributed by atoms with E-state index in [1.165, 1.54) is 17.4 Å². The monoisotopic (exact) mass is 385 g/mol. The van der Waals surface area contributed by atoms with Crippen LogP contribution >= 0.6 is 22.9 Å². The number of methoxy groups -OCH3 is 1. The van der Waals surface area contributed by atoms with Crippen molar-refractivity contribution in [1.29, 1.82) is 0 Å². The summed E-state index contributed by atoms with van der Waals surface area (Å²) < 4.78 is 5.16. The molecular weight excluding hydrogens is 370 g/mol. The highest BCUT2D eigenvalue weighted by atomic mass is 35.5. The van der Waals surface area contributed by atoms with Gasteiger partial charge in [0.15, 0.2) is 5.82 Å². The summed E-state index contributed by atoms with van der Waals surface area (Å²) in [6.07, 6.45) is 3.08. The molecule has 0 aliphatic carbocycles. The first-order chi connectivity index (χ1) is 12.6. The summed E-state index contributed by atoms with van der Waals surface area (Å²) in [7, 11) is 1.59. The molecule has 1 heterocycles. The highest BCUT2D eigenvalue weighted by Crippen LogP contribution is 2.28. The van der Waals surface area contributed by atoms with Crippen molar-refractivity contribution >= 4 is 40.7 Å². The molecule has 0 bridgehead atoms. The number of ether oxygens (including phenoxy) is 1. The smallest absolute Gasteiger partial charge is 0.266 e. The van der Waals surface area contributed by atoms with Gasteiger partial charge < -0.3 is 4.74 Å². The summed E-state index contributed by atoms with van der Waals surface area (Å²) in [5, 5.41) is 4.17. The topological polar surface area (TPSA) is 68.5 Å². The summed E-state index contributed by atoms with van der Waals surface area (Å²) >= 11 is 7.30. The Balaban J connectivity index is 1.72. The van der Waals surface area contributed by atoms with Crippen LogP contribution in [0, 0.1) is 0 Å². The van der Waals surface area contributed by atoms with Crippen LogP contribution in [0.25, 0.3) is 16.6 Å². The molecule has 26 heavy (non-hydrogen) atoms. The second-order valence-electron chi connectivity index (χ2n) is 5.34. The van der Waals surface area contributed by atoms with Gasteiger partial charge in [0.25, 0.3) is 5.91 Å². The third kappa shape index (κ3) is 4.29. The largest absolute Gasteiger partial charge is 0.497 e. The van der Waals surface area contributed by atoms with Gasteiger partial charge in [-0.2, -0.15) is 0 Å². The highest BCUT2D eigenvalue weighted by molar-refractivity contribution is 7.13. The van der Waals surface area contributed by atoms with Crippen LogP contribution in [0.2, 0.25) is 5.02 Å². The van der Waals surface area contributed by atoms with Crippen LogP contribution in [0.1, 0.15) is 5.56 Å². The van der Waals surface area contributed by atoms with Crippen molar-refractivity contribution in [3.05, 3.63) is 70.6 Å². The normalized spacial score (nSPS) is 10.9. The number of carbonyl (C=O) groups is 1. The zero-order chi connectivity index (χ0) is 18.5. The van der Waals surface area contributed by atoms with E-state index in [0.29, 0.717) is 10.8 Å². The highest BCUT2D eigenvalue weighted by Gasteiger charge is 2.13. The lowest BCUT2D eigenvalue weighted by molar-refractivity contribution is -0.114. The molecule has 2 aromatic carbocycles. The van der Waals surface area contributed by atoms with E-state index in [0.717, 1.165) is 26.9 Å². The van der Waals surface area contributed by atoms with Crippen LogP contribution in [-0.4, -0.2) is 18.0 Å². The Morgan fingerprint density at radius 2 is 2.04 bits per heavy atom. The van der Waals surface area contributed by atoms with Crippen LogP contribution in [0.4, 0.5) is 5.82 Å². The number of hydrogen-bond acceptors (Lipinski definition) is 5. The van der Waals surface area contributed by atoms with Gasteiger partial charge in [0.2, 0.25) is 0 Å². The zero-order valence-corrected chi connectivity index (χ0v) is 15.5. The van der Waals surface area contributed by atoms with Crippen molar-refractivity contribution < 1.29 is 9.53 Å². The molecule has 0 aliphatic rings. The molecule has 5 nitrogen and oxygen atoms in total. The zero-order valence-electron chi connectivity index (χ0n) is 13.9. The number of aromatic nitrogens is 1. The molecule has 1 amide bonds. The molecule has 0 spiro atoms. The molecule has 0 unspecified atom stereocenters. The summed E-state index contributed by atoms with van der Waals surface area (Å²) in [6.45, 7) is 0. The van der Waals surface area contributed by atoms with Crippen molar-refractivity contribution in [2.24, 2.45) is 5.84 Å². The molecule has 7 heteroatoms. The third-order valence-electron chi connectivity index (χ3n) is 3.58. The molecule has 3 rings (SSSR count). The molecule has 0 saturated carbocycles. The summed E-state index contributed by atoms with van der Waals surface area (Å²) in [4.78, 5) is 16.7. The van der Waals surface area contributed by atoms with E-state index in [-0.39, 0.29) is 5.91 Å². The van der Waals surface area contributed by atoms with Gasteiger partial charge >= 0.3 is 0 Å². The number of rotatable bonds is 5. The van der Waals surface area contributed by atoms with Crippen LogP contribution in [-0.2, 0) is 4.79 Å². The fraction of sp³-hybridized carbons (Fsp3) is 0.0526. The third-order valence-corrected chi connectivity index (χ3v) is 4.71. The fourth-order valence-electron chi connectivity index (χ4n) is 2.21. The Labute approximate surface area is 160 Å². The van der Waals surface area contributed by atoms with Gasteiger partial charge in [0, 0.05) is 22.0 Å². The Bertz CT molecular complexity index is 938. The lowest BCUT2D eigenvalue weighted by atomic mass is 10.2. The van der Waals surface area contributed by atoms with Gasteiger partial charge in [-0.25, -0.2) is 15.8 Å². The van der Waals surface area contributed by atoms with Gasteiger partial charge in [0.1, 0.15) is 10.8 Å². The van der Waals surface area contributed by atoms with Crippen molar-refractivity contribution in [2.75, 3.05) is 12.1 Å². The van der Waals surface area contributed by atoms with E-state index < -0.39 is 0 Å². The lowest BCUT2D eigenvalue weighted by Gasteiger charge is -2.10. The van der Waals surface area contributed by atoms with E-state index in [1.54, 1.807) is 30.7 Å². The summed E-state index contributed by atoms with van der Waals surface area (Å²) in [5.41, 5.74) is 1.75. The molecule has 0 atom stereocenters. The van der Waals surface area contributed by atoms with E-state index >= 15 is 0 Å². The van der Waals surface area contributed by atoms with Gasteiger partial charge in [-0.1, -0.05) is 35.9 Å². The molecule has 0 radical (unpaired) electrons. The molecule has 0 saturated heterocycles. The first-order valence-electron chi connectivity index (χ1n) is 7.69. The number of amides is 1. The predicted molar refractivity (Wildman–Crippen MR) is 106 cm³/mol. The second-order valence-corrected chi connectivity index (χ2v) is 6.63.